The van der Waals surface area contributed by atoms with E-state index in [1.807, 2.05) is 38.2 Å². The highest BCUT2D eigenvalue weighted by Gasteiger charge is 2.17. The van der Waals surface area contributed by atoms with Crippen molar-refractivity contribution in [1.29, 1.82) is 5.26 Å². The lowest BCUT2D eigenvalue weighted by Crippen LogP contribution is -2.24. The standard InChI is InChI=1S/C24H23N5O4/c1-14(2)32-20-8-7-15(9-16(20)10-25)24-27-23(28-33-24)19-6-4-5-18-17(11-26-22(18)19)12-29(3)13-21(30)31/h4-9,11,14,26H,12-13H2,1-3H3,(H,30,31). The van der Waals surface area contributed by atoms with E-state index in [0.29, 0.717) is 35.1 Å². The molecule has 168 valence electrons. The van der Waals surface area contributed by atoms with Crippen LogP contribution in [0.5, 0.6) is 5.75 Å². The maximum atomic E-state index is 11.0. The third-order valence-electron chi connectivity index (χ3n) is 5.02. The third-order valence-corrected chi connectivity index (χ3v) is 5.02. The lowest BCUT2D eigenvalue weighted by atomic mass is 10.1. The molecule has 0 radical (unpaired) electrons. The molecule has 0 spiro atoms. The minimum absolute atomic E-state index is 0.0481. The van der Waals surface area contributed by atoms with Crippen molar-refractivity contribution < 1.29 is 19.2 Å². The van der Waals surface area contributed by atoms with Crippen molar-refractivity contribution in [1.82, 2.24) is 20.0 Å². The van der Waals surface area contributed by atoms with Crippen LogP contribution in [0.2, 0.25) is 0 Å². The van der Waals surface area contributed by atoms with Crippen molar-refractivity contribution in [2.45, 2.75) is 26.5 Å². The number of fused-ring (bicyclic) bond motifs is 1. The number of hydrogen-bond acceptors (Lipinski definition) is 7. The molecule has 0 atom stereocenters. The predicted octanol–water partition coefficient (Wildman–Crippen LogP) is 4.06. The molecule has 2 aromatic heterocycles. The van der Waals surface area contributed by atoms with Gasteiger partial charge in [0.15, 0.2) is 0 Å². The van der Waals surface area contributed by atoms with E-state index in [1.54, 1.807) is 30.1 Å². The molecule has 4 rings (SSSR count). The Labute approximate surface area is 190 Å². The molecule has 2 N–H and O–H groups in total. The summed E-state index contributed by atoms with van der Waals surface area (Å²) in [6.07, 6.45) is 1.81. The number of ether oxygens (including phenoxy) is 1. The van der Waals surface area contributed by atoms with Crippen LogP contribution in [0, 0.1) is 11.3 Å². The number of hydrogen-bond donors (Lipinski definition) is 2. The lowest BCUT2D eigenvalue weighted by Gasteiger charge is -2.13. The Morgan fingerprint density at radius 3 is 2.88 bits per heavy atom. The maximum Gasteiger partial charge on any atom is 0.317 e. The number of carbonyl (C=O) groups is 1. The van der Waals surface area contributed by atoms with Crippen molar-refractivity contribution in [3.8, 4) is 34.7 Å². The van der Waals surface area contributed by atoms with Gasteiger partial charge < -0.3 is 19.4 Å². The van der Waals surface area contributed by atoms with Crippen molar-refractivity contribution in [2.75, 3.05) is 13.6 Å². The first-order valence-electron chi connectivity index (χ1n) is 10.4. The molecule has 33 heavy (non-hydrogen) atoms. The number of nitrogens with one attached hydrogen (secondary N) is 1. The molecule has 0 unspecified atom stereocenters. The van der Waals surface area contributed by atoms with Crippen LogP contribution in [0.4, 0.5) is 0 Å². The molecule has 0 fully saturated rings. The van der Waals surface area contributed by atoms with E-state index in [9.17, 15) is 10.1 Å². The fourth-order valence-electron chi connectivity index (χ4n) is 3.66. The van der Waals surface area contributed by atoms with Crippen LogP contribution in [-0.4, -0.2) is 50.8 Å². The smallest absolute Gasteiger partial charge is 0.317 e. The molecule has 9 heteroatoms. The molecule has 2 heterocycles. The number of aromatic nitrogens is 3. The number of aliphatic carboxylic acids is 1. The van der Waals surface area contributed by atoms with Gasteiger partial charge in [-0.15, -0.1) is 0 Å². The van der Waals surface area contributed by atoms with Crippen LogP contribution in [0.1, 0.15) is 25.0 Å². The van der Waals surface area contributed by atoms with E-state index >= 15 is 0 Å². The second-order valence-electron chi connectivity index (χ2n) is 8.02. The number of nitrogens with zero attached hydrogens (tertiary/aromatic N) is 4. The Balaban J connectivity index is 1.65. The summed E-state index contributed by atoms with van der Waals surface area (Å²) in [4.78, 5) is 20.5. The highest BCUT2D eigenvalue weighted by Crippen LogP contribution is 2.31. The zero-order valence-electron chi connectivity index (χ0n) is 18.5. The number of H-pyrrole nitrogens is 1. The van der Waals surface area contributed by atoms with Gasteiger partial charge in [0.05, 0.1) is 23.7 Å². The van der Waals surface area contributed by atoms with Crippen molar-refractivity contribution in [2.24, 2.45) is 0 Å². The number of carboxylic acid groups (broad SMARTS) is 1. The van der Waals surface area contributed by atoms with Crippen molar-refractivity contribution in [3.63, 3.8) is 0 Å². The van der Waals surface area contributed by atoms with Crippen LogP contribution < -0.4 is 4.74 Å². The van der Waals surface area contributed by atoms with E-state index in [-0.39, 0.29) is 12.6 Å². The molecule has 4 aromatic rings. The summed E-state index contributed by atoms with van der Waals surface area (Å²) < 4.78 is 11.2. The SMILES string of the molecule is CC(C)Oc1ccc(-c2nc(-c3cccc4c(CN(C)CC(=O)O)c[nH]c34)no2)cc1C#N. The fraction of sp³-hybridized carbons (Fsp3) is 0.250. The number of benzene rings is 2. The summed E-state index contributed by atoms with van der Waals surface area (Å²) in [6.45, 7) is 4.23. The third kappa shape index (κ3) is 4.71. The number of para-hydroxylation sites is 1. The van der Waals surface area contributed by atoms with E-state index < -0.39 is 5.97 Å². The Morgan fingerprint density at radius 2 is 2.15 bits per heavy atom. The second kappa shape index (κ2) is 9.14. The molecular weight excluding hydrogens is 422 g/mol. The average Bonchev–Trinajstić information content (AvgIpc) is 3.41. The molecule has 9 nitrogen and oxygen atoms in total. The normalized spacial score (nSPS) is 11.3. The Kier molecular flexibility index (Phi) is 6.11. The van der Waals surface area contributed by atoms with Gasteiger partial charge in [-0.05, 0) is 50.7 Å². The maximum absolute atomic E-state index is 11.0. The highest BCUT2D eigenvalue weighted by atomic mass is 16.5. The lowest BCUT2D eigenvalue weighted by molar-refractivity contribution is -0.138. The minimum Gasteiger partial charge on any atom is -0.490 e. The van der Waals surface area contributed by atoms with Gasteiger partial charge in [0.2, 0.25) is 5.82 Å². The monoisotopic (exact) mass is 445 g/mol. The molecule has 0 aliphatic rings. The molecular formula is C24H23N5O4. The van der Waals surface area contributed by atoms with Crippen molar-refractivity contribution in [3.05, 3.63) is 53.7 Å². The number of likely N-dealkylation sites (N-methyl/N-ethyl adjacent to an activating group) is 1. The largest absolute Gasteiger partial charge is 0.490 e. The fourth-order valence-corrected chi connectivity index (χ4v) is 3.66. The topological polar surface area (TPSA) is 128 Å². The van der Waals surface area contributed by atoms with Gasteiger partial charge in [-0.2, -0.15) is 10.2 Å². The first kappa shape index (κ1) is 22.0. The highest BCUT2D eigenvalue weighted by molar-refractivity contribution is 5.94. The van der Waals surface area contributed by atoms with Crippen LogP contribution in [-0.2, 0) is 11.3 Å². The van der Waals surface area contributed by atoms with Crippen LogP contribution in [0.15, 0.2) is 47.1 Å². The van der Waals surface area contributed by atoms with Gasteiger partial charge in [0.1, 0.15) is 11.8 Å². The van der Waals surface area contributed by atoms with Crippen molar-refractivity contribution >= 4 is 16.9 Å². The summed E-state index contributed by atoms with van der Waals surface area (Å²) in [5.41, 5.74) is 3.58. The quantitative estimate of drug-likeness (QED) is 0.415. The predicted molar refractivity (Wildman–Crippen MR) is 121 cm³/mol. The summed E-state index contributed by atoms with van der Waals surface area (Å²) >= 11 is 0. The molecule has 2 aromatic carbocycles. The second-order valence-corrected chi connectivity index (χ2v) is 8.02. The number of rotatable bonds is 8. The zero-order valence-corrected chi connectivity index (χ0v) is 18.5. The van der Waals surface area contributed by atoms with Gasteiger partial charge >= 0.3 is 5.97 Å². The molecule has 0 amide bonds. The molecule has 0 aliphatic heterocycles. The van der Waals surface area contributed by atoms with Crippen LogP contribution in [0.3, 0.4) is 0 Å². The van der Waals surface area contributed by atoms with Crippen LogP contribution >= 0.6 is 0 Å². The molecule has 0 bridgehead atoms. The minimum atomic E-state index is -0.874. The van der Waals surface area contributed by atoms with Gasteiger partial charge in [-0.1, -0.05) is 17.3 Å². The number of carboxylic acids is 1. The van der Waals surface area contributed by atoms with E-state index in [2.05, 4.69) is 21.2 Å². The van der Waals surface area contributed by atoms with Gasteiger partial charge in [0.25, 0.3) is 5.89 Å². The first-order valence-corrected chi connectivity index (χ1v) is 10.4. The van der Waals surface area contributed by atoms with Crippen LogP contribution in [0.25, 0.3) is 33.7 Å². The number of aromatic amines is 1. The Morgan fingerprint density at radius 1 is 1.33 bits per heavy atom. The Hall–Kier alpha value is -4.16. The summed E-state index contributed by atoms with van der Waals surface area (Å²) in [5, 5.41) is 23.6. The van der Waals surface area contributed by atoms with Gasteiger partial charge in [0, 0.05) is 29.3 Å². The molecule has 0 aliphatic carbocycles. The van der Waals surface area contributed by atoms with E-state index in [1.165, 1.54) is 0 Å². The number of nitriles is 1. The van der Waals surface area contributed by atoms with Gasteiger partial charge in [-0.25, -0.2) is 0 Å². The Bertz CT molecular complexity index is 1350. The zero-order chi connectivity index (χ0) is 23.5. The van der Waals surface area contributed by atoms with E-state index in [0.717, 1.165) is 22.0 Å². The van der Waals surface area contributed by atoms with Gasteiger partial charge in [-0.3, -0.25) is 9.69 Å². The summed E-state index contributed by atoms with van der Waals surface area (Å²) in [6, 6.07) is 13.1. The van der Waals surface area contributed by atoms with E-state index in [4.69, 9.17) is 14.4 Å². The molecule has 0 saturated heterocycles. The average molecular weight is 445 g/mol. The first-order chi connectivity index (χ1) is 15.9. The summed E-state index contributed by atoms with van der Waals surface area (Å²) in [5.74, 6) is 0.333. The molecule has 0 saturated carbocycles. The summed E-state index contributed by atoms with van der Waals surface area (Å²) in [7, 11) is 1.76.